The van der Waals surface area contributed by atoms with Gasteiger partial charge in [0.15, 0.2) is 0 Å². The highest BCUT2D eigenvalue weighted by atomic mass is 35.5. The van der Waals surface area contributed by atoms with E-state index in [1.807, 2.05) is 20.8 Å². The summed E-state index contributed by atoms with van der Waals surface area (Å²) in [4.78, 5) is 27.7. The number of nitrogens with zero attached hydrogens (tertiary/aromatic N) is 1. The van der Waals surface area contributed by atoms with Gasteiger partial charge >= 0.3 is 0 Å². The van der Waals surface area contributed by atoms with E-state index < -0.39 is 17.6 Å². The van der Waals surface area contributed by atoms with Crippen molar-refractivity contribution in [3.05, 3.63) is 94.4 Å². The van der Waals surface area contributed by atoms with Crippen LogP contribution in [0.1, 0.15) is 25.0 Å². The molecule has 168 valence electrons. The number of imide groups is 1. The van der Waals surface area contributed by atoms with Gasteiger partial charge in [0.25, 0.3) is 11.8 Å². The molecular formula is C26H22ClFN2O3. The molecule has 3 aromatic carbocycles. The fourth-order valence-electron chi connectivity index (χ4n) is 3.64. The van der Waals surface area contributed by atoms with Gasteiger partial charge in [0.05, 0.1) is 17.4 Å². The molecule has 0 saturated heterocycles. The van der Waals surface area contributed by atoms with Gasteiger partial charge in [-0.1, -0.05) is 35.9 Å². The summed E-state index contributed by atoms with van der Waals surface area (Å²) in [6, 6.07) is 17.7. The first-order valence-corrected chi connectivity index (χ1v) is 10.8. The van der Waals surface area contributed by atoms with Crippen molar-refractivity contribution in [1.29, 1.82) is 0 Å². The predicted octanol–water partition coefficient (Wildman–Crippen LogP) is 5.97. The van der Waals surface area contributed by atoms with E-state index in [9.17, 15) is 14.0 Å². The van der Waals surface area contributed by atoms with Crippen molar-refractivity contribution in [2.45, 2.75) is 26.9 Å². The highest BCUT2D eigenvalue weighted by molar-refractivity contribution is 6.46. The minimum absolute atomic E-state index is 0.00795. The quantitative estimate of drug-likeness (QED) is 0.456. The SMILES string of the molecule is Cc1cc(Cl)ccc1NC1=C(c2ccc(OC(C)C)cc2)C(=O)N(c2ccccc2F)C1=O. The van der Waals surface area contributed by atoms with Gasteiger partial charge in [0, 0.05) is 10.7 Å². The number of benzene rings is 3. The minimum Gasteiger partial charge on any atom is -0.491 e. The molecular weight excluding hydrogens is 443 g/mol. The number of ether oxygens (including phenoxy) is 1. The lowest BCUT2D eigenvalue weighted by atomic mass is 10.0. The van der Waals surface area contributed by atoms with Gasteiger partial charge in [-0.05, 0) is 74.4 Å². The molecule has 0 unspecified atom stereocenters. The summed E-state index contributed by atoms with van der Waals surface area (Å²) in [5, 5.41) is 3.64. The molecule has 0 spiro atoms. The molecule has 1 aliphatic rings. The molecule has 2 amide bonds. The number of carbonyl (C=O) groups excluding carboxylic acids is 2. The first kappa shape index (κ1) is 22.6. The third-order valence-electron chi connectivity index (χ3n) is 5.14. The second-order valence-corrected chi connectivity index (χ2v) is 8.36. The monoisotopic (exact) mass is 464 g/mol. The molecule has 5 nitrogen and oxygen atoms in total. The molecule has 7 heteroatoms. The van der Waals surface area contributed by atoms with Crippen LogP contribution in [0.4, 0.5) is 15.8 Å². The zero-order chi connectivity index (χ0) is 23.7. The molecule has 4 rings (SSSR count). The van der Waals surface area contributed by atoms with E-state index in [1.165, 1.54) is 18.2 Å². The summed E-state index contributed by atoms with van der Waals surface area (Å²) >= 11 is 6.06. The molecule has 0 bridgehead atoms. The van der Waals surface area contributed by atoms with Crippen LogP contribution in [0.15, 0.2) is 72.4 Å². The van der Waals surface area contributed by atoms with Crippen LogP contribution in [0, 0.1) is 12.7 Å². The van der Waals surface area contributed by atoms with E-state index in [1.54, 1.807) is 48.5 Å². The number of carbonyl (C=O) groups is 2. The Bertz CT molecular complexity index is 1270. The van der Waals surface area contributed by atoms with Gasteiger partial charge in [0.2, 0.25) is 0 Å². The van der Waals surface area contributed by atoms with E-state index in [4.69, 9.17) is 16.3 Å². The molecule has 1 heterocycles. The van der Waals surface area contributed by atoms with Crippen molar-refractivity contribution < 1.29 is 18.7 Å². The van der Waals surface area contributed by atoms with E-state index in [0.717, 1.165) is 10.5 Å². The lowest BCUT2D eigenvalue weighted by Crippen LogP contribution is -2.33. The summed E-state index contributed by atoms with van der Waals surface area (Å²) < 4.78 is 20.2. The summed E-state index contributed by atoms with van der Waals surface area (Å²) in [5.74, 6) is -1.28. The Balaban J connectivity index is 1.81. The lowest BCUT2D eigenvalue weighted by Gasteiger charge is -2.16. The normalized spacial score (nSPS) is 13.8. The van der Waals surface area contributed by atoms with Crippen LogP contribution in [0.25, 0.3) is 5.57 Å². The molecule has 0 fully saturated rings. The summed E-state index contributed by atoms with van der Waals surface area (Å²) in [6.45, 7) is 5.67. The zero-order valence-corrected chi connectivity index (χ0v) is 19.1. The smallest absolute Gasteiger partial charge is 0.282 e. The number of rotatable bonds is 6. The number of amides is 2. The molecule has 0 aliphatic carbocycles. The van der Waals surface area contributed by atoms with E-state index in [0.29, 0.717) is 22.0 Å². The van der Waals surface area contributed by atoms with Crippen LogP contribution >= 0.6 is 11.6 Å². The summed E-state index contributed by atoms with van der Waals surface area (Å²) in [7, 11) is 0. The van der Waals surface area contributed by atoms with Crippen LogP contribution in [0.2, 0.25) is 5.02 Å². The van der Waals surface area contributed by atoms with Crippen molar-refractivity contribution in [3.63, 3.8) is 0 Å². The van der Waals surface area contributed by atoms with Crippen LogP contribution < -0.4 is 15.0 Å². The molecule has 0 saturated carbocycles. The van der Waals surface area contributed by atoms with E-state index in [-0.39, 0.29) is 23.1 Å². The number of nitrogens with one attached hydrogen (secondary N) is 1. The molecule has 0 atom stereocenters. The topological polar surface area (TPSA) is 58.6 Å². The number of aryl methyl sites for hydroxylation is 1. The first-order chi connectivity index (χ1) is 15.8. The standard InChI is InChI=1S/C26H22ClFN2O3/c1-15(2)33-19-11-8-17(9-12-19)23-24(29-21-13-10-18(27)14-16(21)3)26(32)30(25(23)31)22-7-5-4-6-20(22)28/h4-15,29H,1-3H3. The number of anilines is 2. The maximum Gasteiger partial charge on any atom is 0.282 e. The van der Waals surface area contributed by atoms with Crippen molar-refractivity contribution in [2.24, 2.45) is 0 Å². The van der Waals surface area contributed by atoms with Gasteiger partial charge in [-0.2, -0.15) is 0 Å². The van der Waals surface area contributed by atoms with Gasteiger partial charge in [0.1, 0.15) is 17.3 Å². The lowest BCUT2D eigenvalue weighted by molar-refractivity contribution is -0.120. The third kappa shape index (κ3) is 4.47. The second-order valence-electron chi connectivity index (χ2n) is 7.92. The van der Waals surface area contributed by atoms with Crippen LogP contribution in [0.5, 0.6) is 5.75 Å². The second kappa shape index (κ2) is 9.08. The number of para-hydroxylation sites is 1. The van der Waals surface area contributed by atoms with Gasteiger partial charge < -0.3 is 10.1 Å². The fourth-order valence-corrected chi connectivity index (χ4v) is 3.87. The van der Waals surface area contributed by atoms with Gasteiger partial charge in [-0.3, -0.25) is 9.59 Å². The average molecular weight is 465 g/mol. The Kier molecular flexibility index (Phi) is 6.20. The van der Waals surface area contributed by atoms with Crippen molar-refractivity contribution in [1.82, 2.24) is 0 Å². The Morgan fingerprint density at radius 2 is 1.67 bits per heavy atom. The molecule has 3 aromatic rings. The summed E-state index contributed by atoms with van der Waals surface area (Å²) in [5.41, 5.74) is 2.02. The molecule has 1 N–H and O–H groups in total. The highest BCUT2D eigenvalue weighted by Gasteiger charge is 2.41. The third-order valence-corrected chi connectivity index (χ3v) is 5.38. The van der Waals surface area contributed by atoms with E-state index in [2.05, 4.69) is 5.32 Å². The molecule has 0 aromatic heterocycles. The Hall–Kier alpha value is -3.64. The zero-order valence-electron chi connectivity index (χ0n) is 18.4. The van der Waals surface area contributed by atoms with Crippen LogP contribution in [0.3, 0.4) is 0 Å². The number of hydrogen-bond donors (Lipinski definition) is 1. The Labute approximate surface area is 196 Å². The molecule has 1 aliphatic heterocycles. The number of hydrogen-bond acceptors (Lipinski definition) is 4. The minimum atomic E-state index is -0.664. The van der Waals surface area contributed by atoms with Crippen molar-refractivity contribution >= 4 is 40.4 Å². The fraction of sp³-hybridized carbons (Fsp3) is 0.154. The average Bonchev–Trinajstić information content (AvgIpc) is 3.00. The maximum atomic E-state index is 14.5. The van der Waals surface area contributed by atoms with Crippen molar-refractivity contribution in [3.8, 4) is 5.75 Å². The molecule has 33 heavy (non-hydrogen) atoms. The summed E-state index contributed by atoms with van der Waals surface area (Å²) in [6.07, 6.45) is -0.00795. The van der Waals surface area contributed by atoms with Gasteiger partial charge in [-0.25, -0.2) is 9.29 Å². The Morgan fingerprint density at radius 1 is 0.970 bits per heavy atom. The maximum absolute atomic E-state index is 14.5. The van der Waals surface area contributed by atoms with Gasteiger partial charge in [-0.15, -0.1) is 0 Å². The van der Waals surface area contributed by atoms with E-state index >= 15 is 0 Å². The van der Waals surface area contributed by atoms with Crippen LogP contribution in [-0.2, 0) is 9.59 Å². The highest BCUT2D eigenvalue weighted by Crippen LogP contribution is 2.36. The Morgan fingerprint density at radius 3 is 2.30 bits per heavy atom. The largest absolute Gasteiger partial charge is 0.491 e. The van der Waals surface area contributed by atoms with Crippen molar-refractivity contribution in [2.75, 3.05) is 10.2 Å². The first-order valence-electron chi connectivity index (χ1n) is 10.4. The molecule has 0 radical (unpaired) electrons. The van der Waals surface area contributed by atoms with Crippen LogP contribution in [-0.4, -0.2) is 17.9 Å². The number of halogens is 2. The predicted molar refractivity (Wildman–Crippen MR) is 128 cm³/mol.